The summed E-state index contributed by atoms with van der Waals surface area (Å²) in [6.45, 7) is 5.13. The summed E-state index contributed by atoms with van der Waals surface area (Å²) >= 11 is 5.04. The minimum atomic E-state index is -0.921. The van der Waals surface area contributed by atoms with E-state index in [0.717, 1.165) is 13.1 Å². The lowest BCUT2D eigenvalue weighted by Crippen LogP contribution is -2.34. The monoisotopic (exact) mass is 281 g/mol. The van der Waals surface area contributed by atoms with Crippen molar-refractivity contribution < 1.29 is 24.8 Å². The molecule has 0 aromatic rings. The predicted octanol–water partition coefficient (Wildman–Crippen LogP) is -0.640. The Kier molecular flexibility index (Phi) is 10.2. The molecule has 3 N–H and O–H groups in total. The third-order valence-electron chi connectivity index (χ3n) is 2.25. The Bertz CT molecular complexity index is 225. The molecule has 0 aromatic heterocycles. The Morgan fingerprint density at radius 2 is 1.67 bits per heavy atom. The second-order valence-electron chi connectivity index (χ2n) is 3.78. The van der Waals surface area contributed by atoms with E-state index in [2.05, 4.69) is 0 Å². The van der Waals surface area contributed by atoms with Crippen LogP contribution in [0, 0.1) is 0 Å². The number of thiocarbonyl (C=S) groups is 1. The largest absolute Gasteiger partial charge is 0.468 e. The van der Waals surface area contributed by atoms with Crippen LogP contribution in [0.2, 0.25) is 0 Å². The van der Waals surface area contributed by atoms with Crippen LogP contribution < -0.4 is 0 Å². The molecule has 0 aromatic carbocycles. The molecule has 7 heteroatoms. The number of aliphatic hydroxyl groups excluding tert-OH is 3. The Balaban J connectivity index is 3.69. The first-order valence-electron chi connectivity index (χ1n) is 6.01. The van der Waals surface area contributed by atoms with Gasteiger partial charge in [0.15, 0.2) is 0 Å². The van der Waals surface area contributed by atoms with Crippen molar-refractivity contribution in [1.82, 2.24) is 4.90 Å². The first-order valence-corrected chi connectivity index (χ1v) is 6.42. The van der Waals surface area contributed by atoms with Gasteiger partial charge in [-0.25, -0.2) is 0 Å². The van der Waals surface area contributed by atoms with Gasteiger partial charge in [0.1, 0.15) is 18.8 Å². The van der Waals surface area contributed by atoms with E-state index in [0.29, 0.717) is 5.17 Å². The quantitative estimate of drug-likeness (QED) is 0.485. The van der Waals surface area contributed by atoms with Crippen molar-refractivity contribution in [1.29, 1.82) is 0 Å². The van der Waals surface area contributed by atoms with E-state index >= 15 is 0 Å². The standard InChI is InChI=1S/C11H23NO5S/c1-3-12(4-2)11(18)17-8-10(15)7-16-6-9(14)5-13/h9-10,13-15H,3-8H2,1-2H3. The van der Waals surface area contributed by atoms with Gasteiger partial charge in [-0.15, -0.1) is 0 Å². The van der Waals surface area contributed by atoms with Crippen LogP contribution >= 0.6 is 12.2 Å². The fraction of sp³-hybridized carbons (Fsp3) is 0.909. The lowest BCUT2D eigenvalue weighted by molar-refractivity contribution is -0.0358. The maximum absolute atomic E-state index is 9.54. The number of nitrogens with zero attached hydrogens (tertiary/aromatic N) is 1. The molecule has 0 heterocycles. The van der Waals surface area contributed by atoms with Crippen molar-refractivity contribution in [2.45, 2.75) is 26.1 Å². The molecule has 0 bridgehead atoms. The number of hydrogen-bond acceptors (Lipinski definition) is 6. The van der Waals surface area contributed by atoms with E-state index in [1.807, 2.05) is 18.7 Å². The second kappa shape index (κ2) is 10.5. The molecular formula is C11H23NO5S. The van der Waals surface area contributed by atoms with E-state index < -0.39 is 12.2 Å². The van der Waals surface area contributed by atoms with Crippen LogP contribution in [0.1, 0.15) is 13.8 Å². The van der Waals surface area contributed by atoms with E-state index in [4.69, 9.17) is 31.9 Å². The van der Waals surface area contributed by atoms with Crippen LogP contribution in [-0.4, -0.2) is 77.1 Å². The fourth-order valence-electron chi connectivity index (χ4n) is 1.18. The molecule has 0 fully saturated rings. The average Bonchev–Trinajstić information content (AvgIpc) is 2.37. The van der Waals surface area contributed by atoms with Gasteiger partial charge in [-0.05, 0) is 26.1 Å². The highest BCUT2D eigenvalue weighted by atomic mass is 32.1. The summed E-state index contributed by atoms with van der Waals surface area (Å²) in [7, 11) is 0. The van der Waals surface area contributed by atoms with Crippen molar-refractivity contribution >= 4 is 17.4 Å². The molecule has 108 valence electrons. The summed E-state index contributed by atoms with van der Waals surface area (Å²) in [5.74, 6) is 0. The maximum atomic E-state index is 9.54. The maximum Gasteiger partial charge on any atom is 0.259 e. The van der Waals surface area contributed by atoms with Gasteiger partial charge in [-0.3, -0.25) is 0 Å². The molecule has 0 aliphatic carbocycles. The van der Waals surface area contributed by atoms with Crippen LogP contribution in [0.5, 0.6) is 0 Å². The third-order valence-corrected chi connectivity index (χ3v) is 2.63. The van der Waals surface area contributed by atoms with Crippen molar-refractivity contribution in [3.8, 4) is 0 Å². The summed E-state index contributed by atoms with van der Waals surface area (Å²) in [5.41, 5.74) is 0. The highest BCUT2D eigenvalue weighted by molar-refractivity contribution is 7.80. The van der Waals surface area contributed by atoms with Gasteiger partial charge < -0.3 is 29.7 Å². The van der Waals surface area contributed by atoms with Gasteiger partial charge in [0.05, 0.1) is 19.8 Å². The van der Waals surface area contributed by atoms with Gasteiger partial charge in [-0.2, -0.15) is 0 Å². The van der Waals surface area contributed by atoms with Crippen LogP contribution in [0.3, 0.4) is 0 Å². The summed E-state index contributed by atoms with van der Waals surface area (Å²) in [6, 6.07) is 0. The van der Waals surface area contributed by atoms with E-state index in [1.165, 1.54) is 0 Å². The van der Waals surface area contributed by atoms with E-state index in [9.17, 15) is 5.11 Å². The highest BCUT2D eigenvalue weighted by Gasteiger charge is 2.11. The minimum absolute atomic E-state index is 0.0198. The van der Waals surface area contributed by atoms with Crippen molar-refractivity contribution in [3.05, 3.63) is 0 Å². The van der Waals surface area contributed by atoms with Gasteiger partial charge in [0.2, 0.25) is 0 Å². The predicted molar refractivity (Wildman–Crippen MR) is 71.4 cm³/mol. The molecule has 0 saturated carbocycles. The van der Waals surface area contributed by atoms with Gasteiger partial charge in [-0.1, -0.05) is 0 Å². The molecule has 2 unspecified atom stereocenters. The Labute approximate surface area is 113 Å². The first kappa shape index (κ1) is 17.5. The molecular weight excluding hydrogens is 258 g/mol. The van der Waals surface area contributed by atoms with Crippen LogP contribution in [0.4, 0.5) is 0 Å². The Hall–Kier alpha value is -0.470. The molecule has 0 amide bonds. The minimum Gasteiger partial charge on any atom is -0.468 e. The molecule has 0 saturated heterocycles. The number of ether oxygens (including phenoxy) is 2. The molecule has 0 aliphatic heterocycles. The molecule has 18 heavy (non-hydrogen) atoms. The third kappa shape index (κ3) is 7.78. The topological polar surface area (TPSA) is 82.4 Å². The zero-order valence-electron chi connectivity index (χ0n) is 10.9. The average molecular weight is 281 g/mol. The number of aliphatic hydroxyl groups is 3. The first-order chi connectivity index (χ1) is 8.54. The highest BCUT2D eigenvalue weighted by Crippen LogP contribution is 1.97. The smallest absolute Gasteiger partial charge is 0.259 e. The lowest BCUT2D eigenvalue weighted by atomic mass is 10.4. The Morgan fingerprint density at radius 1 is 1.11 bits per heavy atom. The lowest BCUT2D eigenvalue weighted by Gasteiger charge is -2.22. The van der Waals surface area contributed by atoms with Crippen molar-refractivity contribution in [3.63, 3.8) is 0 Å². The molecule has 2 atom stereocenters. The molecule has 0 aliphatic rings. The SMILES string of the molecule is CCN(CC)C(=S)OCC(O)COCC(O)CO. The zero-order valence-corrected chi connectivity index (χ0v) is 11.7. The Morgan fingerprint density at radius 3 is 2.17 bits per heavy atom. The van der Waals surface area contributed by atoms with Gasteiger partial charge in [0.25, 0.3) is 5.17 Å². The van der Waals surface area contributed by atoms with Crippen LogP contribution in [0.25, 0.3) is 0 Å². The second-order valence-corrected chi connectivity index (χ2v) is 4.13. The summed E-state index contributed by atoms with van der Waals surface area (Å²) in [5, 5.41) is 27.5. The molecule has 0 radical (unpaired) electrons. The summed E-state index contributed by atoms with van der Waals surface area (Å²) < 4.78 is 10.2. The number of rotatable bonds is 9. The van der Waals surface area contributed by atoms with Crippen molar-refractivity contribution in [2.24, 2.45) is 0 Å². The molecule has 0 spiro atoms. The zero-order chi connectivity index (χ0) is 14.0. The van der Waals surface area contributed by atoms with Gasteiger partial charge in [0, 0.05) is 13.1 Å². The molecule has 0 rings (SSSR count). The van der Waals surface area contributed by atoms with Crippen LogP contribution in [0.15, 0.2) is 0 Å². The number of hydrogen-bond donors (Lipinski definition) is 3. The van der Waals surface area contributed by atoms with Gasteiger partial charge >= 0.3 is 0 Å². The molecule has 6 nitrogen and oxygen atoms in total. The fourth-order valence-corrected chi connectivity index (χ4v) is 1.51. The summed E-state index contributed by atoms with van der Waals surface area (Å²) in [6.07, 6.45) is -1.74. The van der Waals surface area contributed by atoms with E-state index in [1.54, 1.807) is 0 Å². The van der Waals surface area contributed by atoms with Crippen LogP contribution in [-0.2, 0) is 9.47 Å². The van der Waals surface area contributed by atoms with Crippen molar-refractivity contribution in [2.75, 3.05) is 39.5 Å². The normalized spacial score (nSPS) is 14.1. The van der Waals surface area contributed by atoms with E-state index in [-0.39, 0.29) is 26.4 Å². The summed E-state index contributed by atoms with van der Waals surface area (Å²) in [4.78, 5) is 1.86.